The second kappa shape index (κ2) is 12.1. The topological polar surface area (TPSA) is 13.1 Å². The van der Waals surface area contributed by atoms with Crippen LogP contribution >= 0.6 is 11.3 Å². The molecule has 0 saturated heterocycles. The van der Waals surface area contributed by atoms with E-state index in [1.54, 1.807) is 0 Å². The Morgan fingerprint density at radius 2 is 0.828 bits per heavy atom. The molecule has 0 unspecified atom stereocenters. The van der Waals surface area contributed by atoms with Crippen molar-refractivity contribution in [3.05, 3.63) is 194 Å². The highest BCUT2D eigenvalue weighted by Gasteiger charge is 2.20. The molecular formula is C56H32OS. The highest BCUT2D eigenvalue weighted by atomic mass is 32.1. The van der Waals surface area contributed by atoms with E-state index >= 15 is 0 Å². The lowest BCUT2D eigenvalue weighted by atomic mass is 9.84. The molecular weight excluding hydrogens is 721 g/mol. The lowest BCUT2D eigenvalue weighted by Gasteiger charge is -2.19. The molecule has 0 spiro atoms. The highest BCUT2D eigenvalue weighted by molar-refractivity contribution is 7.26. The first kappa shape index (κ1) is 31.9. The molecule has 1 nitrogen and oxygen atoms in total. The van der Waals surface area contributed by atoms with Crippen LogP contribution in [0.2, 0.25) is 0 Å². The molecule has 0 amide bonds. The van der Waals surface area contributed by atoms with Crippen molar-refractivity contribution in [2.24, 2.45) is 0 Å². The van der Waals surface area contributed by atoms with Gasteiger partial charge in [0.25, 0.3) is 0 Å². The van der Waals surface area contributed by atoms with Gasteiger partial charge in [-0.1, -0.05) is 152 Å². The van der Waals surface area contributed by atoms with Gasteiger partial charge in [0.15, 0.2) is 0 Å². The minimum atomic E-state index is 0.917. The van der Waals surface area contributed by atoms with Gasteiger partial charge in [-0.05, 0) is 130 Å². The minimum Gasteiger partial charge on any atom is -0.455 e. The maximum atomic E-state index is 6.83. The lowest BCUT2D eigenvalue weighted by Crippen LogP contribution is -1.91. The minimum absolute atomic E-state index is 0.917. The number of hydrogen-bond acceptors (Lipinski definition) is 2. The molecule has 2 heterocycles. The third-order valence-corrected chi connectivity index (χ3v) is 13.5. The summed E-state index contributed by atoms with van der Waals surface area (Å²) in [6, 6.07) is 71.5. The molecule has 0 aliphatic heterocycles. The Morgan fingerprint density at radius 1 is 0.310 bits per heavy atom. The molecule has 11 aromatic carbocycles. The molecule has 13 aromatic rings. The lowest BCUT2D eigenvalue weighted by molar-refractivity contribution is 0.673. The summed E-state index contributed by atoms with van der Waals surface area (Å²) in [6.07, 6.45) is 0. The first-order valence-corrected chi connectivity index (χ1v) is 20.7. The maximum absolute atomic E-state index is 6.83. The largest absolute Gasteiger partial charge is 0.455 e. The van der Waals surface area contributed by atoms with Crippen LogP contribution in [0.25, 0.3) is 129 Å². The van der Waals surface area contributed by atoms with Crippen molar-refractivity contribution < 1.29 is 4.42 Å². The summed E-state index contributed by atoms with van der Waals surface area (Å²) in [6.45, 7) is 0. The summed E-state index contributed by atoms with van der Waals surface area (Å²) in [5.41, 5.74) is 9.28. The molecule has 0 fully saturated rings. The summed E-state index contributed by atoms with van der Waals surface area (Å²) in [5, 5.41) is 17.4. The summed E-state index contributed by atoms with van der Waals surface area (Å²) in [7, 11) is 0. The van der Waals surface area contributed by atoms with Gasteiger partial charge >= 0.3 is 0 Å². The molecule has 0 N–H and O–H groups in total. The highest BCUT2D eigenvalue weighted by Crippen LogP contribution is 2.47. The summed E-state index contributed by atoms with van der Waals surface area (Å²) < 4.78 is 9.38. The standard InChI is InChI=1S/C56H32OS/c1-3-13-40-33(10-1)12-9-19-43(40)53-46-17-7-5-15-44(46)52(45-16-6-8-18-47(45)53)39-23-22-35-30-36(20-21-37(35)31-39)38-24-26-42-48-27-29-51-55(56(48)57-49(42)32-38)54-41-14-4-2-11-34(41)25-28-50(54)58-51/h1-32H. The average Bonchev–Trinajstić information content (AvgIpc) is 3.86. The van der Waals surface area contributed by atoms with Gasteiger partial charge in [0.1, 0.15) is 11.2 Å². The number of rotatable bonds is 3. The molecule has 0 atom stereocenters. The van der Waals surface area contributed by atoms with E-state index in [0.717, 1.165) is 27.5 Å². The van der Waals surface area contributed by atoms with Crippen LogP contribution in [0.1, 0.15) is 0 Å². The van der Waals surface area contributed by atoms with Crippen LogP contribution in [0.4, 0.5) is 0 Å². The van der Waals surface area contributed by atoms with E-state index in [1.807, 2.05) is 11.3 Å². The number of benzene rings is 11. The van der Waals surface area contributed by atoms with Crippen LogP contribution < -0.4 is 0 Å². The summed E-state index contributed by atoms with van der Waals surface area (Å²) >= 11 is 1.84. The third kappa shape index (κ3) is 4.58. The van der Waals surface area contributed by atoms with Crippen LogP contribution in [0, 0.1) is 0 Å². The molecule has 2 heteroatoms. The van der Waals surface area contributed by atoms with Gasteiger partial charge in [-0.3, -0.25) is 0 Å². The van der Waals surface area contributed by atoms with E-state index in [0.29, 0.717) is 0 Å². The fourth-order valence-electron chi connectivity index (χ4n) is 9.79. The Morgan fingerprint density at radius 3 is 1.59 bits per heavy atom. The normalized spacial score (nSPS) is 12.1. The van der Waals surface area contributed by atoms with Gasteiger partial charge in [-0.2, -0.15) is 0 Å². The number of furan rings is 1. The molecule has 0 saturated carbocycles. The zero-order valence-electron chi connectivity index (χ0n) is 31.3. The van der Waals surface area contributed by atoms with Gasteiger partial charge in [-0.15, -0.1) is 11.3 Å². The molecule has 2 aromatic heterocycles. The van der Waals surface area contributed by atoms with E-state index in [-0.39, 0.29) is 0 Å². The summed E-state index contributed by atoms with van der Waals surface area (Å²) in [4.78, 5) is 0. The Balaban J connectivity index is 0.945. The van der Waals surface area contributed by atoms with Gasteiger partial charge in [-0.25, -0.2) is 0 Å². The molecule has 58 heavy (non-hydrogen) atoms. The van der Waals surface area contributed by atoms with Gasteiger partial charge < -0.3 is 4.42 Å². The van der Waals surface area contributed by atoms with Crippen LogP contribution in [0.3, 0.4) is 0 Å². The van der Waals surface area contributed by atoms with Crippen molar-refractivity contribution in [3.63, 3.8) is 0 Å². The summed E-state index contributed by atoms with van der Waals surface area (Å²) in [5.74, 6) is 0. The zero-order valence-corrected chi connectivity index (χ0v) is 32.1. The Bertz CT molecular complexity index is 3800. The smallest absolute Gasteiger partial charge is 0.144 e. The van der Waals surface area contributed by atoms with Crippen LogP contribution in [0.5, 0.6) is 0 Å². The SMILES string of the molecule is c1ccc2c(-c3c4ccccc4c(-c4ccc5cc(-c6ccc7c(c6)oc6c7ccc7sc8ccc9ccccc9c8c76)ccc5c4)c4ccccc34)cccc2c1. The van der Waals surface area contributed by atoms with Gasteiger partial charge in [0, 0.05) is 30.9 Å². The van der Waals surface area contributed by atoms with Crippen molar-refractivity contribution in [2.45, 2.75) is 0 Å². The van der Waals surface area contributed by atoms with Crippen molar-refractivity contribution in [3.8, 4) is 33.4 Å². The number of fused-ring (bicyclic) bond motifs is 13. The maximum Gasteiger partial charge on any atom is 0.144 e. The third-order valence-electron chi connectivity index (χ3n) is 12.4. The van der Waals surface area contributed by atoms with E-state index in [9.17, 15) is 0 Å². The van der Waals surface area contributed by atoms with Crippen LogP contribution in [-0.4, -0.2) is 0 Å². The number of hydrogen-bond donors (Lipinski definition) is 0. The predicted molar refractivity (Wildman–Crippen MR) is 250 cm³/mol. The van der Waals surface area contributed by atoms with Crippen molar-refractivity contribution in [1.82, 2.24) is 0 Å². The van der Waals surface area contributed by atoms with Crippen molar-refractivity contribution in [2.75, 3.05) is 0 Å². The average molecular weight is 753 g/mol. The molecule has 0 aliphatic rings. The van der Waals surface area contributed by atoms with E-state index in [2.05, 4.69) is 194 Å². The van der Waals surface area contributed by atoms with E-state index in [4.69, 9.17) is 4.42 Å². The van der Waals surface area contributed by atoms with E-state index < -0.39 is 0 Å². The monoisotopic (exact) mass is 752 g/mol. The Labute approximate surface area is 337 Å². The molecule has 0 bridgehead atoms. The predicted octanol–water partition coefficient (Wildman–Crippen LogP) is 16.7. The van der Waals surface area contributed by atoms with Crippen LogP contribution in [0.15, 0.2) is 199 Å². The van der Waals surface area contributed by atoms with E-state index in [1.165, 1.54) is 102 Å². The Kier molecular flexibility index (Phi) is 6.66. The second-order valence-electron chi connectivity index (χ2n) is 15.5. The molecule has 13 rings (SSSR count). The first-order valence-electron chi connectivity index (χ1n) is 19.9. The van der Waals surface area contributed by atoms with Gasteiger partial charge in [0.2, 0.25) is 0 Å². The molecule has 268 valence electrons. The van der Waals surface area contributed by atoms with Gasteiger partial charge in [0.05, 0.1) is 0 Å². The van der Waals surface area contributed by atoms with Crippen molar-refractivity contribution in [1.29, 1.82) is 0 Å². The fourth-order valence-corrected chi connectivity index (χ4v) is 10.9. The second-order valence-corrected chi connectivity index (χ2v) is 16.6. The molecule has 0 aliphatic carbocycles. The first-order chi connectivity index (χ1) is 28.7. The Hall–Kier alpha value is -7.26. The fraction of sp³-hybridized carbons (Fsp3) is 0. The zero-order chi connectivity index (χ0) is 37.9. The van der Waals surface area contributed by atoms with Crippen LogP contribution in [-0.2, 0) is 0 Å². The number of thiophene rings is 1. The quantitative estimate of drug-likeness (QED) is 0.164. The molecule has 0 radical (unpaired) electrons. The van der Waals surface area contributed by atoms with Crippen molar-refractivity contribution >= 4 is 107 Å².